The Hall–Kier alpha value is -1.31. The summed E-state index contributed by atoms with van der Waals surface area (Å²) in [4.78, 5) is 13.7. The highest BCUT2D eigenvalue weighted by atomic mass is 16.2. The number of amides is 1. The molecule has 0 aliphatic carbocycles. The molecule has 2 rings (SSSR count). The summed E-state index contributed by atoms with van der Waals surface area (Å²) in [5, 5.41) is 0. The quantitative estimate of drug-likeness (QED) is 0.723. The van der Waals surface area contributed by atoms with Gasteiger partial charge in [0.1, 0.15) is 0 Å². The molecule has 1 amide bonds. The van der Waals surface area contributed by atoms with Crippen LogP contribution in [0.15, 0.2) is 24.3 Å². The maximum absolute atomic E-state index is 11.9. The number of hydrogen-bond donors (Lipinski definition) is 0. The van der Waals surface area contributed by atoms with Crippen molar-refractivity contribution >= 4 is 11.6 Å². The fourth-order valence-corrected chi connectivity index (χ4v) is 2.63. The number of carbonyl (C=O) groups is 1. The molecule has 0 N–H and O–H groups in total. The van der Waals surface area contributed by atoms with E-state index in [1.54, 1.807) is 4.90 Å². The number of fused-ring (bicyclic) bond motifs is 1. The minimum Gasteiger partial charge on any atom is -0.315 e. The van der Waals surface area contributed by atoms with Crippen LogP contribution < -0.4 is 4.90 Å². The maximum atomic E-state index is 11.9. The third kappa shape index (κ3) is 2.51. The van der Waals surface area contributed by atoms with Crippen LogP contribution in [0.25, 0.3) is 0 Å². The van der Waals surface area contributed by atoms with Crippen molar-refractivity contribution in [3.63, 3.8) is 0 Å². The van der Waals surface area contributed by atoms with E-state index in [0.29, 0.717) is 12.3 Å². The van der Waals surface area contributed by atoms with Gasteiger partial charge in [0.15, 0.2) is 0 Å². The Balaban J connectivity index is 2.18. The number of para-hydroxylation sites is 1. The lowest BCUT2D eigenvalue weighted by atomic mass is 9.86. The van der Waals surface area contributed by atoms with Crippen LogP contribution in [0, 0.1) is 0 Å². The number of hydrogen-bond acceptors (Lipinski definition) is 1. The van der Waals surface area contributed by atoms with E-state index in [9.17, 15) is 4.79 Å². The van der Waals surface area contributed by atoms with Gasteiger partial charge in [0, 0.05) is 19.2 Å². The lowest BCUT2D eigenvalue weighted by Gasteiger charge is -2.31. The van der Waals surface area contributed by atoms with Gasteiger partial charge in [-0.2, -0.15) is 0 Å². The fourth-order valence-electron chi connectivity index (χ4n) is 2.63. The first-order chi connectivity index (χ1) is 8.24. The van der Waals surface area contributed by atoms with Gasteiger partial charge in [-0.25, -0.2) is 0 Å². The molecule has 1 atom stereocenters. The normalized spacial score (nSPS) is 19.3. The Morgan fingerprint density at radius 3 is 2.82 bits per heavy atom. The molecule has 0 saturated carbocycles. The molecule has 1 unspecified atom stereocenters. The average Bonchev–Trinajstić information content (AvgIpc) is 2.36. The number of unbranched alkanes of at least 4 members (excludes halogenated alkanes) is 2. The molecule has 0 spiro atoms. The lowest BCUT2D eigenvalue weighted by molar-refractivity contribution is -0.119. The van der Waals surface area contributed by atoms with Crippen LogP contribution in [0.1, 0.15) is 50.5 Å². The molecular formula is C15H21NO. The molecule has 0 fully saturated rings. The van der Waals surface area contributed by atoms with E-state index in [4.69, 9.17) is 0 Å². The molecule has 2 heteroatoms. The predicted molar refractivity (Wildman–Crippen MR) is 71.4 cm³/mol. The van der Waals surface area contributed by atoms with E-state index >= 15 is 0 Å². The zero-order valence-corrected chi connectivity index (χ0v) is 10.8. The van der Waals surface area contributed by atoms with Crippen molar-refractivity contribution in [1.82, 2.24) is 0 Å². The highest BCUT2D eigenvalue weighted by Gasteiger charge is 2.28. The van der Waals surface area contributed by atoms with Gasteiger partial charge in [-0.1, -0.05) is 44.4 Å². The minimum atomic E-state index is 0.255. The Morgan fingerprint density at radius 1 is 1.29 bits per heavy atom. The second-order valence-electron chi connectivity index (χ2n) is 4.91. The van der Waals surface area contributed by atoms with E-state index in [0.717, 1.165) is 12.1 Å². The largest absolute Gasteiger partial charge is 0.315 e. The third-order valence-electron chi connectivity index (χ3n) is 3.69. The molecule has 1 aliphatic heterocycles. The lowest BCUT2D eigenvalue weighted by Crippen LogP contribution is -2.33. The van der Waals surface area contributed by atoms with Crippen molar-refractivity contribution in [3.05, 3.63) is 29.8 Å². The Labute approximate surface area is 104 Å². The van der Waals surface area contributed by atoms with Crippen LogP contribution in [-0.4, -0.2) is 13.0 Å². The van der Waals surface area contributed by atoms with Crippen molar-refractivity contribution in [3.8, 4) is 0 Å². The van der Waals surface area contributed by atoms with Crippen molar-refractivity contribution in [2.24, 2.45) is 0 Å². The zero-order valence-electron chi connectivity index (χ0n) is 10.8. The van der Waals surface area contributed by atoms with Gasteiger partial charge in [0.2, 0.25) is 5.91 Å². The molecule has 0 bridgehead atoms. The average molecular weight is 231 g/mol. The van der Waals surface area contributed by atoms with Crippen molar-refractivity contribution < 1.29 is 4.79 Å². The topological polar surface area (TPSA) is 20.3 Å². The minimum absolute atomic E-state index is 0.255. The van der Waals surface area contributed by atoms with Crippen LogP contribution in [0.5, 0.6) is 0 Å². The third-order valence-corrected chi connectivity index (χ3v) is 3.69. The summed E-state index contributed by atoms with van der Waals surface area (Å²) < 4.78 is 0. The highest BCUT2D eigenvalue weighted by Crippen LogP contribution is 2.37. The van der Waals surface area contributed by atoms with Crippen LogP contribution in [0.4, 0.5) is 5.69 Å². The fraction of sp³-hybridized carbons (Fsp3) is 0.533. The van der Waals surface area contributed by atoms with Gasteiger partial charge < -0.3 is 4.90 Å². The van der Waals surface area contributed by atoms with E-state index in [-0.39, 0.29) is 5.91 Å². The molecule has 1 aromatic carbocycles. The van der Waals surface area contributed by atoms with Crippen molar-refractivity contribution in [2.75, 3.05) is 11.9 Å². The standard InChI is InChI=1S/C15H21NO/c1-3-4-5-8-12-11-15(17)16(2)14-10-7-6-9-13(12)14/h6-7,9-10,12H,3-5,8,11H2,1-2H3. The van der Waals surface area contributed by atoms with Crippen LogP contribution >= 0.6 is 0 Å². The molecule has 2 nitrogen and oxygen atoms in total. The smallest absolute Gasteiger partial charge is 0.227 e. The molecule has 1 aliphatic rings. The van der Waals surface area contributed by atoms with E-state index in [1.165, 1.54) is 24.8 Å². The molecule has 0 saturated heterocycles. The van der Waals surface area contributed by atoms with Gasteiger partial charge in [0.25, 0.3) is 0 Å². The number of anilines is 1. The first-order valence-corrected chi connectivity index (χ1v) is 6.59. The second kappa shape index (κ2) is 5.35. The highest BCUT2D eigenvalue weighted by molar-refractivity contribution is 5.96. The van der Waals surface area contributed by atoms with Gasteiger partial charge in [0.05, 0.1) is 0 Å². The SMILES string of the molecule is CCCCCC1CC(=O)N(C)c2ccccc21. The number of rotatable bonds is 4. The van der Waals surface area contributed by atoms with Crippen molar-refractivity contribution in [1.29, 1.82) is 0 Å². The first-order valence-electron chi connectivity index (χ1n) is 6.59. The Kier molecular flexibility index (Phi) is 3.82. The molecule has 0 radical (unpaired) electrons. The van der Waals surface area contributed by atoms with E-state index in [1.807, 2.05) is 13.1 Å². The van der Waals surface area contributed by atoms with Gasteiger partial charge in [-0.05, 0) is 24.0 Å². The summed E-state index contributed by atoms with van der Waals surface area (Å²) in [5.74, 6) is 0.687. The maximum Gasteiger partial charge on any atom is 0.227 e. The number of carbonyl (C=O) groups excluding carboxylic acids is 1. The predicted octanol–water partition coefficient (Wildman–Crippen LogP) is 3.72. The number of nitrogens with zero attached hydrogens (tertiary/aromatic N) is 1. The summed E-state index contributed by atoms with van der Waals surface area (Å²) in [7, 11) is 1.88. The summed E-state index contributed by atoms with van der Waals surface area (Å²) >= 11 is 0. The number of benzene rings is 1. The zero-order chi connectivity index (χ0) is 12.3. The first kappa shape index (κ1) is 12.2. The summed E-state index contributed by atoms with van der Waals surface area (Å²) in [6, 6.07) is 8.32. The molecule has 1 aromatic rings. The van der Waals surface area contributed by atoms with E-state index < -0.39 is 0 Å². The Bertz CT molecular complexity index is 400. The summed E-state index contributed by atoms with van der Waals surface area (Å²) in [6.07, 6.45) is 5.55. The van der Waals surface area contributed by atoms with Crippen LogP contribution in [0.3, 0.4) is 0 Å². The van der Waals surface area contributed by atoms with Crippen LogP contribution in [-0.2, 0) is 4.79 Å². The van der Waals surface area contributed by atoms with Crippen LogP contribution in [0.2, 0.25) is 0 Å². The van der Waals surface area contributed by atoms with Crippen molar-refractivity contribution in [2.45, 2.75) is 44.9 Å². The molecule has 0 aromatic heterocycles. The molecular weight excluding hydrogens is 210 g/mol. The van der Waals surface area contributed by atoms with E-state index in [2.05, 4.69) is 25.1 Å². The summed E-state index contributed by atoms with van der Waals surface area (Å²) in [6.45, 7) is 2.22. The van der Waals surface area contributed by atoms with Gasteiger partial charge in [-0.15, -0.1) is 0 Å². The van der Waals surface area contributed by atoms with Gasteiger partial charge >= 0.3 is 0 Å². The monoisotopic (exact) mass is 231 g/mol. The second-order valence-corrected chi connectivity index (χ2v) is 4.91. The Morgan fingerprint density at radius 2 is 2.06 bits per heavy atom. The molecule has 92 valence electrons. The molecule has 17 heavy (non-hydrogen) atoms. The van der Waals surface area contributed by atoms with Gasteiger partial charge in [-0.3, -0.25) is 4.79 Å². The molecule has 1 heterocycles. The summed E-state index contributed by atoms with van der Waals surface area (Å²) in [5.41, 5.74) is 2.45.